The van der Waals surface area contributed by atoms with Crippen LogP contribution in [0, 0.1) is 0 Å². The smallest absolute Gasteiger partial charge is 0.202 e. The number of unbranched alkanes of at least 4 members (excludes halogenated alkanes) is 5. The average Bonchev–Trinajstić information content (AvgIpc) is 2.16. The first-order valence-electron chi connectivity index (χ1n) is 5.94. The molecule has 0 fully saturated rings. The van der Waals surface area contributed by atoms with Crippen LogP contribution in [-0.2, 0) is 9.09 Å². The highest BCUT2D eigenvalue weighted by Crippen LogP contribution is 2.41. The molecule has 0 aromatic rings. The van der Waals surface area contributed by atoms with Crippen LogP contribution >= 0.6 is 7.37 Å². The highest BCUT2D eigenvalue weighted by atomic mass is 31.2. The molecular weight excluding hydrogens is 211 g/mol. The van der Waals surface area contributed by atoms with Crippen LogP contribution in [0.3, 0.4) is 0 Å². The second-order valence-electron chi connectivity index (χ2n) is 4.06. The summed E-state index contributed by atoms with van der Waals surface area (Å²) in [6.45, 7) is 4.32. The minimum atomic E-state index is -2.50. The molecule has 0 aliphatic rings. The maximum Gasteiger partial charge on any atom is 0.202 e. The van der Waals surface area contributed by atoms with Crippen molar-refractivity contribution in [1.82, 2.24) is 0 Å². The zero-order valence-corrected chi connectivity index (χ0v) is 11.0. The topological polar surface area (TPSA) is 46.5 Å². The van der Waals surface area contributed by atoms with E-state index in [0.29, 0.717) is 6.61 Å². The fourth-order valence-corrected chi connectivity index (χ4v) is 2.39. The van der Waals surface area contributed by atoms with Crippen molar-refractivity contribution in [3.05, 3.63) is 0 Å². The predicted octanol–water partition coefficient (Wildman–Crippen LogP) is 3.26. The van der Waals surface area contributed by atoms with Gasteiger partial charge in [-0.05, 0) is 6.42 Å². The molecule has 0 aliphatic heterocycles. The lowest BCUT2D eigenvalue weighted by molar-refractivity contribution is 0.284. The molecular formula is C11H25O3P. The molecule has 15 heavy (non-hydrogen) atoms. The molecule has 1 N–H and O–H groups in total. The standard InChI is InChI=1S/C11H25O3P/c1-3-4-5-6-7-8-10-14-15(2,13)11-9-12/h12H,3-11H2,1-2H3. The molecule has 0 aliphatic carbocycles. The van der Waals surface area contributed by atoms with Crippen LogP contribution < -0.4 is 0 Å². The minimum Gasteiger partial charge on any atom is -0.396 e. The monoisotopic (exact) mass is 236 g/mol. The Kier molecular flexibility index (Phi) is 9.48. The van der Waals surface area contributed by atoms with Gasteiger partial charge in [0.15, 0.2) is 0 Å². The summed E-state index contributed by atoms with van der Waals surface area (Å²) in [5, 5.41) is 8.65. The van der Waals surface area contributed by atoms with Gasteiger partial charge in [0.1, 0.15) is 0 Å². The van der Waals surface area contributed by atoms with Gasteiger partial charge in [0, 0.05) is 12.8 Å². The second kappa shape index (κ2) is 9.38. The minimum absolute atomic E-state index is 0.0513. The van der Waals surface area contributed by atoms with Crippen molar-refractivity contribution in [2.45, 2.75) is 45.4 Å². The van der Waals surface area contributed by atoms with E-state index < -0.39 is 7.37 Å². The molecule has 0 radical (unpaired) electrons. The van der Waals surface area contributed by atoms with Crippen LogP contribution in [0.4, 0.5) is 0 Å². The van der Waals surface area contributed by atoms with E-state index in [2.05, 4.69) is 6.92 Å². The molecule has 0 heterocycles. The maximum absolute atomic E-state index is 11.6. The normalized spacial score (nSPS) is 15.1. The Bertz CT molecular complexity index is 183. The molecule has 1 unspecified atom stereocenters. The molecule has 0 saturated heterocycles. The Labute approximate surface area is 93.7 Å². The third-order valence-corrected chi connectivity index (χ3v) is 4.11. The van der Waals surface area contributed by atoms with E-state index in [1.165, 1.54) is 25.7 Å². The van der Waals surface area contributed by atoms with Gasteiger partial charge in [-0.15, -0.1) is 0 Å². The lowest BCUT2D eigenvalue weighted by Crippen LogP contribution is -1.99. The first kappa shape index (κ1) is 15.2. The third kappa shape index (κ3) is 10.4. The van der Waals surface area contributed by atoms with E-state index >= 15 is 0 Å². The Morgan fingerprint density at radius 3 is 2.33 bits per heavy atom. The van der Waals surface area contributed by atoms with Gasteiger partial charge >= 0.3 is 0 Å². The van der Waals surface area contributed by atoms with Gasteiger partial charge in [0.05, 0.1) is 13.2 Å². The Hall–Kier alpha value is 0.150. The van der Waals surface area contributed by atoms with Gasteiger partial charge in [-0.2, -0.15) is 0 Å². The van der Waals surface area contributed by atoms with Crippen molar-refractivity contribution < 1.29 is 14.2 Å². The van der Waals surface area contributed by atoms with E-state index in [4.69, 9.17) is 9.63 Å². The molecule has 0 amide bonds. The van der Waals surface area contributed by atoms with Gasteiger partial charge in [0.25, 0.3) is 0 Å². The maximum atomic E-state index is 11.6. The SMILES string of the molecule is CCCCCCCCOP(C)(=O)CCO. The van der Waals surface area contributed by atoms with Crippen molar-refractivity contribution in [3.8, 4) is 0 Å². The van der Waals surface area contributed by atoms with Gasteiger partial charge in [-0.25, -0.2) is 0 Å². The number of hydrogen-bond acceptors (Lipinski definition) is 3. The Morgan fingerprint density at radius 2 is 1.73 bits per heavy atom. The average molecular weight is 236 g/mol. The van der Waals surface area contributed by atoms with Crippen LogP contribution in [0.2, 0.25) is 0 Å². The fourth-order valence-electron chi connectivity index (χ4n) is 1.39. The summed E-state index contributed by atoms with van der Waals surface area (Å²) in [7, 11) is -2.50. The van der Waals surface area contributed by atoms with Crippen LogP contribution in [0.1, 0.15) is 45.4 Å². The lowest BCUT2D eigenvalue weighted by Gasteiger charge is -2.12. The first-order chi connectivity index (χ1) is 7.12. The molecule has 0 aromatic carbocycles. The fraction of sp³-hybridized carbons (Fsp3) is 1.00. The number of hydrogen-bond donors (Lipinski definition) is 1. The van der Waals surface area contributed by atoms with Crippen molar-refractivity contribution >= 4 is 7.37 Å². The summed E-state index contributed by atoms with van der Waals surface area (Å²) in [5.74, 6) is 0. The van der Waals surface area contributed by atoms with E-state index in [1.807, 2.05) is 0 Å². The summed E-state index contributed by atoms with van der Waals surface area (Å²) >= 11 is 0. The lowest BCUT2D eigenvalue weighted by atomic mass is 10.1. The highest BCUT2D eigenvalue weighted by molar-refractivity contribution is 7.58. The van der Waals surface area contributed by atoms with Gasteiger partial charge in [-0.1, -0.05) is 39.0 Å². The number of rotatable bonds is 10. The van der Waals surface area contributed by atoms with Crippen molar-refractivity contribution in [2.75, 3.05) is 26.0 Å². The molecule has 4 heteroatoms. The predicted molar refractivity (Wildman–Crippen MR) is 64.8 cm³/mol. The molecule has 0 saturated carbocycles. The van der Waals surface area contributed by atoms with Crippen LogP contribution in [0.5, 0.6) is 0 Å². The van der Waals surface area contributed by atoms with E-state index in [9.17, 15) is 4.57 Å². The Morgan fingerprint density at radius 1 is 1.13 bits per heavy atom. The Balaban J connectivity index is 3.26. The van der Waals surface area contributed by atoms with Crippen molar-refractivity contribution in [1.29, 1.82) is 0 Å². The van der Waals surface area contributed by atoms with Gasteiger partial charge < -0.3 is 9.63 Å². The molecule has 1 atom stereocenters. The highest BCUT2D eigenvalue weighted by Gasteiger charge is 2.13. The number of aliphatic hydroxyl groups excluding tert-OH is 1. The molecule has 0 bridgehead atoms. The van der Waals surface area contributed by atoms with Crippen LogP contribution in [-0.4, -0.2) is 31.1 Å². The zero-order valence-electron chi connectivity index (χ0n) is 10.1. The summed E-state index contributed by atoms with van der Waals surface area (Å²) < 4.78 is 16.8. The summed E-state index contributed by atoms with van der Waals surface area (Å²) in [5.41, 5.74) is 0. The molecule has 0 aromatic heterocycles. The molecule has 92 valence electrons. The van der Waals surface area contributed by atoms with E-state index in [1.54, 1.807) is 6.66 Å². The summed E-state index contributed by atoms with van der Waals surface area (Å²) in [4.78, 5) is 0. The number of aliphatic hydroxyl groups is 1. The quantitative estimate of drug-likeness (QED) is 0.468. The molecule has 0 spiro atoms. The van der Waals surface area contributed by atoms with Crippen LogP contribution in [0.25, 0.3) is 0 Å². The largest absolute Gasteiger partial charge is 0.396 e. The molecule has 0 rings (SSSR count). The van der Waals surface area contributed by atoms with Crippen LogP contribution in [0.15, 0.2) is 0 Å². The first-order valence-corrected chi connectivity index (χ1v) is 8.20. The van der Waals surface area contributed by atoms with Gasteiger partial charge in [0.2, 0.25) is 7.37 Å². The molecule has 3 nitrogen and oxygen atoms in total. The zero-order chi connectivity index (χ0) is 11.6. The van der Waals surface area contributed by atoms with Crippen molar-refractivity contribution in [2.24, 2.45) is 0 Å². The van der Waals surface area contributed by atoms with Gasteiger partial charge in [-0.3, -0.25) is 4.57 Å². The van der Waals surface area contributed by atoms with E-state index in [0.717, 1.165) is 12.8 Å². The summed E-state index contributed by atoms with van der Waals surface area (Å²) in [6.07, 6.45) is 7.51. The van der Waals surface area contributed by atoms with E-state index in [-0.39, 0.29) is 12.8 Å². The summed E-state index contributed by atoms with van der Waals surface area (Å²) in [6, 6.07) is 0. The third-order valence-electron chi connectivity index (χ3n) is 2.37. The second-order valence-corrected chi connectivity index (χ2v) is 6.80. The van der Waals surface area contributed by atoms with Crippen molar-refractivity contribution in [3.63, 3.8) is 0 Å².